The second-order valence-corrected chi connectivity index (χ2v) is 16.4. The number of fused-ring (bicyclic) bond motifs is 1. The number of hydrogen-bond donors (Lipinski definition) is 0. The molecule has 2 nitrogen and oxygen atoms in total. The Bertz CT molecular complexity index is 1520. The lowest BCUT2D eigenvalue weighted by Crippen LogP contribution is -1.94. The number of thiophene rings is 3. The minimum Gasteiger partial charge on any atom is -0.205 e. The highest BCUT2D eigenvalue weighted by molar-refractivity contribution is 9.11. The molecule has 0 aliphatic carbocycles. The average molecular weight is 727 g/mol. The van der Waals surface area contributed by atoms with Gasteiger partial charge in [-0.1, -0.05) is 64.7 Å². The summed E-state index contributed by atoms with van der Waals surface area (Å²) in [5, 5.41) is 0. The summed E-state index contributed by atoms with van der Waals surface area (Å²) in [4.78, 5) is 4.14. The summed E-state index contributed by atoms with van der Waals surface area (Å²) in [5.74, 6) is -0.212. The van der Waals surface area contributed by atoms with E-state index in [1.807, 2.05) is 24.3 Å². The minimum absolute atomic E-state index is 0.212. The predicted molar refractivity (Wildman–Crippen MR) is 178 cm³/mol. The first-order chi connectivity index (χ1) is 19.1. The van der Waals surface area contributed by atoms with Crippen molar-refractivity contribution >= 4 is 88.6 Å². The lowest BCUT2D eigenvalue weighted by atomic mass is 9.97. The van der Waals surface area contributed by atoms with E-state index >= 15 is 4.39 Å². The van der Waals surface area contributed by atoms with Crippen molar-refractivity contribution < 1.29 is 4.39 Å². The monoisotopic (exact) mass is 724 g/mol. The van der Waals surface area contributed by atoms with Gasteiger partial charge < -0.3 is 0 Å². The largest absolute Gasteiger partial charge is 0.205 e. The van der Waals surface area contributed by atoms with Crippen LogP contribution in [0.15, 0.2) is 44.0 Å². The zero-order valence-corrected chi connectivity index (χ0v) is 28.3. The van der Waals surface area contributed by atoms with Crippen LogP contribution in [-0.2, 0) is 6.42 Å². The molecule has 0 unspecified atom stereocenters. The lowest BCUT2D eigenvalue weighted by Gasteiger charge is -2.13. The molecule has 5 rings (SSSR count). The summed E-state index contributed by atoms with van der Waals surface area (Å²) in [6.45, 7) is 2.27. The molecule has 0 bridgehead atoms. The van der Waals surface area contributed by atoms with Crippen LogP contribution < -0.4 is 0 Å². The number of benzene rings is 1. The smallest absolute Gasteiger partial charge is 0.143 e. The molecule has 0 amide bonds. The highest BCUT2D eigenvalue weighted by Crippen LogP contribution is 2.49. The van der Waals surface area contributed by atoms with Gasteiger partial charge >= 0.3 is 0 Å². The summed E-state index contributed by atoms with van der Waals surface area (Å²) in [7, 11) is 0. The number of rotatable bonds is 14. The Morgan fingerprint density at radius 2 is 1.13 bits per heavy atom. The Morgan fingerprint density at radius 3 is 1.72 bits per heavy atom. The third-order valence-corrected chi connectivity index (χ3v) is 11.9. The van der Waals surface area contributed by atoms with Gasteiger partial charge in [-0.25, -0.2) is 4.39 Å². The molecule has 4 aromatic heterocycles. The van der Waals surface area contributed by atoms with Crippen LogP contribution in [0.4, 0.5) is 4.39 Å². The van der Waals surface area contributed by atoms with Gasteiger partial charge in [0.05, 0.1) is 24.9 Å². The molecule has 0 N–H and O–H groups in total. The van der Waals surface area contributed by atoms with Gasteiger partial charge in [0.15, 0.2) is 0 Å². The van der Waals surface area contributed by atoms with Gasteiger partial charge in [-0.3, -0.25) is 0 Å². The molecule has 0 aliphatic rings. The number of aromatic nitrogens is 2. The summed E-state index contributed by atoms with van der Waals surface area (Å²) in [5.41, 5.74) is 3.45. The van der Waals surface area contributed by atoms with Gasteiger partial charge in [0.25, 0.3) is 0 Å². The van der Waals surface area contributed by atoms with Gasteiger partial charge in [-0.2, -0.15) is 8.75 Å². The number of unbranched alkanes of at least 4 members (excludes halogenated alkanes) is 9. The number of halogens is 3. The minimum atomic E-state index is -0.212. The van der Waals surface area contributed by atoms with Crippen molar-refractivity contribution in [3.63, 3.8) is 0 Å². The van der Waals surface area contributed by atoms with E-state index in [2.05, 4.69) is 59.7 Å². The third-order valence-electron chi connectivity index (χ3n) is 6.98. The Kier molecular flexibility index (Phi) is 10.8. The van der Waals surface area contributed by atoms with Gasteiger partial charge in [-0.05, 0) is 81.1 Å². The van der Waals surface area contributed by atoms with Crippen molar-refractivity contribution in [3.05, 3.63) is 54.7 Å². The molecule has 4 heterocycles. The number of nitrogens with zero attached hydrogens (tertiary/aromatic N) is 2. The molecule has 0 spiro atoms. The summed E-state index contributed by atoms with van der Waals surface area (Å²) >= 11 is 13.1. The van der Waals surface area contributed by atoms with Crippen molar-refractivity contribution in [1.29, 1.82) is 0 Å². The lowest BCUT2D eigenvalue weighted by molar-refractivity contribution is 0.557. The Balaban J connectivity index is 1.38. The summed E-state index contributed by atoms with van der Waals surface area (Å²) in [6, 6.07) is 12.3. The van der Waals surface area contributed by atoms with E-state index in [0.717, 1.165) is 51.4 Å². The maximum atomic E-state index is 16.7. The molecule has 39 heavy (non-hydrogen) atoms. The maximum absolute atomic E-state index is 16.7. The molecule has 0 fully saturated rings. The molecule has 0 atom stereocenters. The average Bonchev–Trinajstić information content (AvgIpc) is 3.73. The summed E-state index contributed by atoms with van der Waals surface area (Å²) < 4.78 is 27.9. The zero-order chi connectivity index (χ0) is 27.2. The van der Waals surface area contributed by atoms with E-state index in [9.17, 15) is 0 Å². The van der Waals surface area contributed by atoms with Gasteiger partial charge in [-0.15, -0.1) is 34.0 Å². The van der Waals surface area contributed by atoms with E-state index in [0.29, 0.717) is 16.6 Å². The molecule has 0 aliphatic heterocycles. The van der Waals surface area contributed by atoms with E-state index in [-0.39, 0.29) is 5.82 Å². The van der Waals surface area contributed by atoms with Crippen LogP contribution in [-0.4, -0.2) is 8.75 Å². The fourth-order valence-electron chi connectivity index (χ4n) is 5.00. The first kappa shape index (κ1) is 29.5. The number of aryl methyl sites for hydroxylation is 1. The van der Waals surface area contributed by atoms with E-state index < -0.39 is 0 Å². The first-order valence-electron chi connectivity index (χ1n) is 13.6. The zero-order valence-electron chi connectivity index (χ0n) is 21.9. The maximum Gasteiger partial charge on any atom is 0.143 e. The molecule has 9 heteroatoms. The topological polar surface area (TPSA) is 25.8 Å². The SMILES string of the molecule is CCCCCCCCCCCCc1ccc(-c2c(F)c(-c3ccc(Br)s3)c3nsnc3c2-c2ccc(Br)s2)s1. The van der Waals surface area contributed by atoms with Crippen LogP contribution in [0.25, 0.3) is 42.4 Å². The molecule has 0 saturated heterocycles. The van der Waals surface area contributed by atoms with E-state index in [1.54, 1.807) is 22.7 Å². The van der Waals surface area contributed by atoms with Gasteiger partial charge in [0.2, 0.25) is 0 Å². The molecule has 5 aromatic rings. The van der Waals surface area contributed by atoms with Crippen LogP contribution in [0.5, 0.6) is 0 Å². The van der Waals surface area contributed by atoms with Crippen LogP contribution >= 0.6 is 77.6 Å². The summed E-state index contributed by atoms with van der Waals surface area (Å²) in [6.07, 6.45) is 14.4. The Morgan fingerprint density at radius 1 is 0.615 bits per heavy atom. The van der Waals surface area contributed by atoms with E-state index in [1.165, 1.54) is 80.4 Å². The van der Waals surface area contributed by atoms with Gasteiger partial charge in [0, 0.05) is 30.6 Å². The fourth-order valence-corrected chi connectivity index (χ4v) is 9.52. The standard InChI is InChI=1S/C30H31Br2FN2S4/c1-2-3-4-5-6-7-8-9-10-11-12-19-13-14-20(36-19)25-26(21-15-17-23(31)37-21)29-30(35-39-34-29)27(28(25)33)22-16-18-24(32)38-22/h13-18H,2-12H2,1H3. The van der Waals surface area contributed by atoms with Crippen molar-refractivity contribution in [2.45, 2.75) is 77.6 Å². The van der Waals surface area contributed by atoms with Crippen LogP contribution in [0.3, 0.4) is 0 Å². The molecule has 0 radical (unpaired) electrons. The second-order valence-electron chi connectivity index (χ2n) is 9.81. The van der Waals surface area contributed by atoms with Crippen molar-refractivity contribution in [3.8, 4) is 31.3 Å². The quantitative estimate of drug-likeness (QED) is 0.107. The van der Waals surface area contributed by atoms with E-state index in [4.69, 9.17) is 0 Å². The predicted octanol–water partition coefficient (Wildman–Crippen LogP) is 13.0. The normalized spacial score (nSPS) is 11.7. The van der Waals surface area contributed by atoms with Gasteiger partial charge in [0.1, 0.15) is 16.9 Å². The van der Waals surface area contributed by atoms with Crippen molar-refractivity contribution in [1.82, 2.24) is 8.75 Å². The highest BCUT2D eigenvalue weighted by Gasteiger charge is 2.27. The van der Waals surface area contributed by atoms with Crippen LogP contribution in [0.1, 0.15) is 76.0 Å². The number of hydrogen-bond acceptors (Lipinski definition) is 6. The molecule has 0 saturated carbocycles. The Hall–Kier alpha value is -0.970. The van der Waals surface area contributed by atoms with Crippen LogP contribution in [0, 0.1) is 5.82 Å². The highest BCUT2D eigenvalue weighted by atomic mass is 79.9. The molecular formula is C30H31Br2FN2S4. The van der Waals surface area contributed by atoms with Crippen molar-refractivity contribution in [2.24, 2.45) is 0 Å². The third kappa shape index (κ3) is 7.09. The van der Waals surface area contributed by atoms with Crippen molar-refractivity contribution in [2.75, 3.05) is 0 Å². The fraction of sp³-hybridized carbons (Fsp3) is 0.400. The van der Waals surface area contributed by atoms with Crippen LogP contribution in [0.2, 0.25) is 0 Å². The Labute approximate surface area is 263 Å². The first-order valence-corrected chi connectivity index (χ1v) is 18.4. The molecule has 206 valence electrons. The molecular weight excluding hydrogens is 695 g/mol. The second kappa shape index (κ2) is 14.3. The molecule has 1 aromatic carbocycles.